The molecule has 7 bridgehead atoms. The average molecular weight is 512 g/mol. The standard InChI is InChI=1S/C32H49NO4/c1-19(2)22-10-14-28(4)21-9-16-31-13-7-8-24(31)32(28,26(22)33(31)18-21)17-11-23-29(5)15-12-25(36-20(3)34)30(23,6)27(35)37-29/h19,21-26H,7-18H2,1-6H3. The molecule has 4 saturated heterocycles. The van der Waals surface area contributed by atoms with E-state index in [1.807, 2.05) is 0 Å². The summed E-state index contributed by atoms with van der Waals surface area (Å²) in [6, 6.07) is 0.691. The number of piperidine rings is 2. The molecule has 0 aromatic rings. The number of esters is 2. The van der Waals surface area contributed by atoms with Crippen molar-refractivity contribution in [2.45, 2.75) is 135 Å². The first-order chi connectivity index (χ1) is 17.4. The second-order valence-electron chi connectivity index (χ2n) is 15.5. The van der Waals surface area contributed by atoms with Crippen LogP contribution in [0.15, 0.2) is 0 Å². The highest BCUT2D eigenvalue weighted by Crippen LogP contribution is 2.79. The molecule has 4 aliphatic heterocycles. The van der Waals surface area contributed by atoms with Gasteiger partial charge >= 0.3 is 11.9 Å². The molecule has 0 aromatic heterocycles. The van der Waals surface area contributed by atoms with Gasteiger partial charge < -0.3 is 9.47 Å². The van der Waals surface area contributed by atoms with Crippen LogP contribution in [-0.4, -0.2) is 46.7 Å². The minimum absolute atomic E-state index is 0.104. The average Bonchev–Trinajstić information content (AvgIpc) is 3.35. The lowest BCUT2D eigenvalue weighted by Gasteiger charge is -2.67. The summed E-state index contributed by atoms with van der Waals surface area (Å²) >= 11 is 0. The fraction of sp³-hybridized carbons (Fsp3) is 0.938. The number of hydrogen-bond acceptors (Lipinski definition) is 5. The highest BCUT2D eigenvalue weighted by molar-refractivity contribution is 5.82. The maximum Gasteiger partial charge on any atom is 0.316 e. The Kier molecular flexibility index (Phi) is 5.08. The Morgan fingerprint density at radius 3 is 2.59 bits per heavy atom. The van der Waals surface area contributed by atoms with Crippen LogP contribution in [0.4, 0.5) is 0 Å². The van der Waals surface area contributed by atoms with Gasteiger partial charge in [0.1, 0.15) is 17.1 Å². The lowest BCUT2D eigenvalue weighted by atomic mass is 9.41. The summed E-state index contributed by atoms with van der Waals surface area (Å²) in [6.45, 7) is 14.7. The third-order valence-corrected chi connectivity index (χ3v) is 14.3. The van der Waals surface area contributed by atoms with Gasteiger partial charge in [-0.25, -0.2) is 0 Å². The van der Waals surface area contributed by atoms with E-state index in [-0.39, 0.29) is 24.0 Å². The van der Waals surface area contributed by atoms with Crippen molar-refractivity contribution in [2.75, 3.05) is 6.54 Å². The molecule has 12 atom stereocenters. The zero-order valence-corrected chi connectivity index (χ0v) is 24.1. The largest absolute Gasteiger partial charge is 0.461 e. The van der Waals surface area contributed by atoms with Gasteiger partial charge in [0.2, 0.25) is 0 Å². The number of carbonyl (C=O) groups is 2. The Morgan fingerprint density at radius 1 is 1.08 bits per heavy atom. The molecule has 5 nitrogen and oxygen atoms in total. The van der Waals surface area contributed by atoms with Crippen LogP contribution in [-0.2, 0) is 19.1 Å². The highest BCUT2D eigenvalue weighted by atomic mass is 16.6. The minimum Gasteiger partial charge on any atom is -0.461 e. The summed E-state index contributed by atoms with van der Waals surface area (Å²) in [5, 5.41) is 0. The van der Waals surface area contributed by atoms with Crippen molar-refractivity contribution in [1.29, 1.82) is 0 Å². The topological polar surface area (TPSA) is 55.8 Å². The molecule has 4 heterocycles. The van der Waals surface area contributed by atoms with Crippen LogP contribution in [0.5, 0.6) is 0 Å². The smallest absolute Gasteiger partial charge is 0.316 e. The Labute approximate surface area is 223 Å². The number of hydrogen-bond donors (Lipinski definition) is 0. The van der Waals surface area contributed by atoms with Crippen molar-refractivity contribution in [3.63, 3.8) is 0 Å². The van der Waals surface area contributed by atoms with E-state index < -0.39 is 11.0 Å². The van der Waals surface area contributed by atoms with Crippen molar-refractivity contribution in [2.24, 2.45) is 45.8 Å². The van der Waals surface area contributed by atoms with Crippen LogP contribution in [0.25, 0.3) is 0 Å². The quantitative estimate of drug-likeness (QED) is 0.415. The summed E-state index contributed by atoms with van der Waals surface area (Å²) in [6.07, 6.45) is 13.1. The SMILES string of the molecule is CC(=O)OC1CCC2(C)OC(=O)C1(C)C2CCC12C3C(C(C)C)CCC1(C)C1CCC4(CCCC42)N3C1. The molecular formula is C32H49NO4. The van der Waals surface area contributed by atoms with Crippen LogP contribution in [0.2, 0.25) is 0 Å². The summed E-state index contributed by atoms with van der Waals surface area (Å²) in [5.74, 6) is 2.78. The molecule has 0 radical (unpaired) electrons. The number of carbonyl (C=O) groups excluding carboxylic acids is 2. The molecular weight excluding hydrogens is 462 g/mol. The third kappa shape index (κ3) is 2.72. The fourth-order valence-corrected chi connectivity index (χ4v) is 12.8. The molecule has 7 fully saturated rings. The van der Waals surface area contributed by atoms with Gasteiger partial charge in [-0.1, -0.05) is 27.2 Å². The van der Waals surface area contributed by atoms with Crippen LogP contribution in [0.1, 0.15) is 112 Å². The number of nitrogens with zero attached hydrogens (tertiary/aromatic N) is 1. The van der Waals surface area contributed by atoms with Gasteiger partial charge in [-0.2, -0.15) is 0 Å². The zero-order chi connectivity index (χ0) is 26.2. The predicted molar refractivity (Wildman–Crippen MR) is 142 cm³/mol. The van der Waals surface area contributed by atoms with E-state index in [4.69, 9.17) is 9.47 Å². The first kappa shape index (κ1) is 24.9. The molecule has 7 aliphatic rings. The summed E-state index contributed by atoms with van der Waals surface area (Å²) in [4.78, 5) is 28.6. The lowest BCUT2D eigenvalue weighted by molar-refractivity contribution is -0.187. The van der Waals surface area contributed by atoms with Crippen molar-refractivity contribution in [1.82, 2.24) is 4.90 Å². The van der Waals surface area contributed by atoms with Gasteiger partial charge in [0, 0.05) is 31.0 Å². The van der Waals surface area contributed by atoms with Gasteiger partial charge in [0.25, 0.3) is 0 Å². The minimum atomic E-state index is -0.734. The lowest BCUT2D eigenvalue weighted by Crippen LogP contribution is -2.68. The molecule has 37 heavy (non-hydrogen) atoms. The Hall–Kier alpha value is -1.10. The van der Waals surface area contributed by atoms with Gasteiger partial charge in [-0.15, -0.1) is 0 Å². The number of rotatable bonds is 5. The molecule has 206 valence electrons. The zero-order valence-electron chi connectivity index (χ0n) is 24.1. The van der Waals surface area contributed by atoms with E-state index in [1.165, 1.54) is 64.8 Å². The van der Waals surface area contributed by atoms with E-state index in [0.717, 1.165) is 37.0 Å². The van der Waals surface area contributed by atoms with E-state index in [2.05, 4.69) is 39.5 Å². The molecule has 0 aromatic carbocycles. The monoisotopic (exact) mass is 511 g/mol. The molecule has 3 saturated carbocycles. The molecule has 1 spiro atoms. The van der Waals surface area contributed by atoms with Gasteiger partial charge in [0.05, 0.1) is 0 Å². The maximum absolute atomic E-state index is 13.5. The normalized spacial score (nSPS) is 56.9. The Bertz CT molecular complexity index is 1030. The van der Waals surface area contributed by atoms with Crippen LogP contribution in [0.3, 0.4) is 0 Å². The highest BCUT2D eigenvalue weighted by Gasteiger charge is 2.80. The van der Waals surface area contributed by atoms with Gasteiger partial charge in [-0.3, -0.25) is 14.5 Å². The van der Waals surface area contributed by atoms with Crippen LogP contribution < -0.4 is 0 Å². The molecule has 7 rings (SSSR count). The second kappa shape index (κ2) is 7.55. The molecule has 12 unspecified atom stereocenters. The third-order valence-electron chi connectivity index (χ3n) is 14.3. The maximum atomic E-state index is 13.5. The first-order valence-electron chi connectivity index (χ1n) is 15.6. The number of ether oxygens (including phenoxy) is 2. The van der Waals surface area contributed by atoms with Crippen molar-refractivity contribution in [3.8, 4) is 0 Å². The Balaban J connectivity index is 1.31. The fourth-order valence-electron chi connectivity index (χ4n) is 12.8. The predicted octanol–water partition coefficient (Wildman–Crippen LogP) is 6.14. The molecule has 5 heteroatoms. The summed E-state index contributed by atoms with van der Waals surface area (Å²) in [5.41, 5.74) is -0.0154. The van der Waals surface area contributed by atoms with E-state index >= 15 is 0 Å². The van der Waals surface area contributed by atoms with Crippen molar-refractivity contribution in [3.05, 3.63) is 0 Å². The summed E-state index contributed by atoms with van der Waals surface area (Å²) < 4.78 is 12.0. The van der Waals surface area contributed by atoms with E-state index in [9.17, 15) is 9.59 Å². The van der Waals surface area contributed by atoms with E-state index in [0.29, 0.717) is 28.3 Å². The van der Waals surface area contributed by atoms with Crippen molar-refractivity contribution >= 4 is 11.9 Å². The molecule has 0 amide bonds. The van der Waals surface area contributed by atoms with Gasteiger partial charge in [0.15, 0.2) is 0 Å². The summed E-state index contributed by atoms with van der Waals surface area (Å²) in [7, 11) is 0. The van der Waals surface area contributed by atoms with Crippen LogP contribution in [0, 0.1) is 45.8 Å². The Morgan fingerprint density at radius 2 is 1.86 bits per heavy atom. The first-order valence-corrected chi connectivity index (χ1v) is 15.6. The van der Waals surface area contributed by atoms with Crippen molar-refractivity contribution < 1.29 is 19.1 Å². The molecule has 0 N–H and O–H groups in total. The second-order valence-corrected chi connectivity index (χ2v) is 15.5. The molecule has 3 aliphatic carbocycles. The van der Waals surface area contributed by atoms with Gasteiger partial charge in [-0.05, 0) is 113 Å². The van der Waals surface area contributed by atoms with Crippen LogP contribution >= 0.6 is 0 Å². The number of fused-ring (bicyclic) bond motifs is 4. The van der Waals surface area contributed by atoms with E-state index in [1.54, 1.807) is 0 Å².